The number of aryl methyl sites for hydroxylation is 1. The zero-order valence-corrected chi connectivity index (χ0v) is 11.7. The first-order chi connectivity index (χ1) is 9.11. The van der Waals surface area contributed by atoms with Crippen molar-refractivity contribution in [2.24, 2.45) is 0 Å². The Balaban J connectivity index is 2.17. The summed E-state index contributed by atoms with van der Waals surface area (Å²) in [5, 5.41) is 13.8. The Morgan fingerprint density at radius 1 is 1.47 bits per heavy atom. The maximum Gasteiger partial charge on any atom is 0.311 e. The molecule has 2 aromatic heterocycles. The maximum absolute atomic E-state index is 10.9. The SMILES string of the molecule is CCc1cnc(CNc2c(Br)cncc2[N+](=O)[O-])o1. The summed E-state index contributed by atoms with van der Waals surface area (Å²) in [5.41, 5.74) is 0.257. The molecule has 0 fully saturated rings. The summed E-state index contributed by atoms with van der Waals surface area (Å²) >= 11 is 3.23. The molecule has 2 rings (SSSR count). The third kappa shape index (κ3) is 3.08. The predicted molar refractivity (Wildman–Crippen MR) is 71.8 cm³/mol. The molecule has 0 bridgehead atoms. The van der Waals surface area contributed by atoms with Crippen molar-refractivity contribution in [1.29, 1.82) is 0 Å². The second-order valence-corrected chi connectivity index (χ2v) is 4.55. The van der Waals surface area contributed by atoms with Crippen LogP contribution in [0.3, 0.4) is 0 Å². The van der Waals surface area contributed by atoms with Crippen LogP contribution in [-0.2, 0) is 13.0 Å². The summed E-state index contributed by atoms with van der Waals surface area (Å²) < 4.78 is 5.94. The maximum atomic E-state index is 10.9. The zero-order chi connectivity index (χ0) is 13.8. The van der Waals surface area contributed by atoms with Crippen molar-refractivity contribution in [3.8, 4) is 0 Å². The van der Waals surface area contributed by atoms with Crippen LogP contribution in [0.4, 0.5) is 11.4 Å². The molecular formula is C11H11BrN4O3. The number of rotatable bonds is 5. The van der Waals surface area contributed by atoms with Gasteiger partial charge in [-0.2, -0.15) is 0 Å². The fourth-order valence-electron chi connectivity index (χ4n) is 1.50. The van der Waals surface area contributed by atoms with E-state index >= 15 is 0 Å². The standard InChI is InChI=1S/C11H11BrN4O3/c1-2-7-3-14-10(19-7)6-15-11-8(12)4-13-5-9(11)16(17)18/h3-5H,2,6H2,1H3,(H,13,15). The van der Waals surface area contributed by atoms with Crippen molar-refractivity contribution in [1.82, 2.24) is 9.97 Å². The van der Waals surface area contributed by atoms with E-state index in [-0.39, 0.29) is 12.2 Å². The molecule has 0 aliphatic heterocycles. The van der Waals surface area contributed by atoms with Crippen molar-refractivity contribution in [3.63, 3.8) is 0 Å². The van der Waals surface area contributed by atoms with Gasteiger partial charge >= 0.3 is 5.69 Å². The van der Waals surface area contributed by atoms with E-state index in [9.17, 15) is 10.1 Å². The topological polar surface area (TPSA) is 94.1 Å². The molecule has 2 aromatic rings. The molecule has 19 heavy (non-hydrogen) atoms. The summed E-state index contributed by atoms with van der Waals surface area (Å²) in [7, 11) is 0. The minimum atomic E-state index is -0.493. The number of pyridine rings is 1. The lowest BCUT2D eigenvalue weighted by Gasteiger charge is -2.06. The highest BCUT2D eigenvalue weighted by Gasteiger charge is 2.17. The highest BCUT2D eigenvalue weighted by atomic mass is 79.9. The van der Waals surface area contributed by atoms with E-state index < -0.39 is 4.92 Å². The van der Waals surface area contributed by atoms with Crippen LogP contribution in [0, 0.1) is 10.1 Å². The van der Waals surface area contributed by atoms with Crippen LogP contribution in [0.1, 0.15) is 18.6 Å². The van der Waals surface area contributed by atoms with Gasteiger partial charge in [0.1, 0.15) is 17.6 Å². The largest absolute Gasteiger partial charge is 0.444 e. The Labute approximate surface area is 117 Å². The van der Waals surface area contributed by atoms with Crippen LogP contribution >= 0.6 is 15.9 Å². The minimum Gasteiger partial charge on any atom is -0.444 e. The lowest BCUT2D eigenvalue weighted by atomic mass is 10.3. The zero-order valence-electron chi connectivity index (χ0n) is 10.1. The first-order valence-corrected chi connectivity index (χ1v) is 6.36. The second kappa shape index (κ2) is 5.79. The van der Waals surface area contributed by atoms with Gasteiger partial charge < -0.3 is 9.73 Å². The van der Waals surface area contributed by atoms with Gasteiger partial charge in [-0.25, -0.2) is 4.98 Å². The van der Waals surface area contributed by atoms with Gasteiger partial charge in [0.2, 0.25) is 5.89 Å². The van der Waals surface area contributed by atoms with Crippen LogP contribution in [0.25, 0.3) is 0 Å². The van der Waals surface area contributed by atoms with Crippen molar-refractivity contribution in [2.75, 3.05) is 5.32 Å². The smallest absolute Gasteiger partial charge is 0.311 e. The molecular weight excluding hydrogens is 316 g/mol. The van der Waals surface area contributed by atoms with E-state index in [2.05, 4.69) is 31.2 Å². The third-order valence-corrected chi connectivity index (χ3v) is 3.04. The van der Waals surface area contributed by atoms with Crippen LogP contribution < -0.4 is 5.32 Å². The first kappa shape index (κ1) is 13.5. The number of aromatic nitrogens is 2. The molecule has 0 atom stereocenters. The molecule has 0 spiro atoms. The Bertz CT molecular complexity index is 599. The molecule has 0 amide bonds. The van der Waals surface area contributed by atoms with Crippen LogP contribution in [0.15, 0.2) is 27.5 Å². The Morgan fingerprint density at radius 2 is 2.26 bits per heavy atom. The number of nitro groups is 1. The summed E-state index contributed by atoms with van der Waals surface area (Å²) in [4.78, 5) is 18.3. The molecule has 0 radical (unpaired) electrons. The number of nitrogens with one attached hydrogen (secondary N) is 1. The fourth-order valence-corrected chi connectivity index (χ4v) is 1.96. The molecule has 8 heteroatoms. The monoisotopic (exact) mass is 326 g/mol. The van der Waals surface area contributed by atoms with E-state index in [1.165, 1.54) is 12.4 Å². The van der Waals surface area contributed by atoms with E-state index in [0.29, 0.717) is 16.1 Å². The lowest BCUT2D eigenvalue weighted by Crippen LogP contribution is -2.04. The first-order valence-electron chi connectivity index (χ1n) is 5.57. The minimum absolute atomic E-state index is 0.100. The molecule has 2 heterocycles. The normalized spacial score (nSPS) is 10.4. The van der Waals surface area contributed by atoms with Gasteiger partial charge in [0, 0.05) is 12.6 Å². The molecule has 1 N–H and O–H groups in total. The highest BCUT2D eigenvalue weighted by molar-refractivity contribution is 9.10. The quantitative estimate of drug-likeness (QED) is 0.670. The number of oxazole rings is 1. The molecule has 7 nitrogen and oxygen atoms in total. The Kier molecular flexibility index (Phi) is 4.10. The van der Waals surface area contributed by atoms with Crippen molar-refractivity contribution >= 4 is 27.3 Å². The van der Waals surface area contributed by atoms with Gasteiger partial charge in [0.25, 0.3) is 0 Å². The van der Waals surface area contributed by atoms with E-state index in [1.54, 1.807) is 6.20 Å². The van der Waals surface area contributed by atoms with Gasteiger partial charge in [-0.3, -0.25) is 15.1 Å². The molecule has 0 saturated heterocycles. The molecule has 0 aliphatic carbocycles. The Morgan fingerprint density at radius 3 is 2.89 bits per heavy atom. The average molecular weight is 327 g/mol. The van der Waals surface area contributed by atoms with Crippen molar-refractivity contribution in [3.05, 3.63) is 44.8 Å². The number of anilines is 1. The van der Waals surface area contributed by atoms with Gasteiger partial charge in [-0.15, -0.1) is 0 Å². The number of nitrogens with zero attached hydrogens (tertiary/aromatic N) is 3. The van der Waals surface area contributed by atoms with Gasteiger partial charge in [-0.05, 0) is 15.9 Å². The molecule has 0 unspecified atom stereocenters. The van der Waals surface area contributed by atoms with Gasteiger partial charge in [-0.1, -0.05) is 6.92 Å². The van der Waals surface area contributed by atoms with Crippen LogP contribution in [0.2, 0.25) is 0 Å². The second-order valence-electron chi connectivity index (χ2n) is 3.70. The molecule has 100 valence electrons. The van der Waals surface area contributed by atoms with E-state index in [1.807, 2.05) is 6.92 Å². The number of hydrogen-bond acceptors (Lipinski definition) is 6. The summed E-state index contributed by atoms with van der Waals surface area (Å²) in [5.74, 6) is 1.26. The number of halogens is 1. The lowest BCUT2D eigenvalue weighted by molar-refractivity contribution is -0.384. The highest BCUT2D eigenvalue weighted by Crippen LogP contribution is 2.31. The summed E-state index contributed by atoms with van der Waals surface area (Å²) in [6.45, 7) is 2.23. The predicted octanol–water partition coefficient (Wildman–Crippen LogP) is 2.91. The van der Waals surface area contributed by atoms with Crippen LogP contribution in [0.5, 0.6) is 0 Å². The third-order valence-electron chi connectivity index (χ3n) is 2.44. The summed E-state index contributed by atoms with van der Waals surface area (Å²) in [6.07, 6.45) is 5.08. The molecule has 0 aromatic carbocycles. The van der Waals surface area contributed by atoms with Gasteiger partial charge in [0.05, 0.1) is 22.1 Å². The fraction of sp³-hybridized carbons (Fsp3) is 0.273. The van der Waals surface area contributed by atoms with E-state index in [0.717, 1.165) is 12.2 Å². The molecule has 0 aliphatic rings. The van der Waals surface area contributed by atoms with E-state index in [4.69, 9.17) is 4.42 Å². The summed E-state index contributed by atoms with van der Waals surface area (Å²) in [6, 6.07) is 0. The van der Waals surface area contributed by atoms with Crippen molar-refractivity contribution in [2.45, 2.75) is 19.9 Å². The molecule has 0 saturated carbocycles. The van der Waals surface area contributed by atoms with Gasteiger partial charge in [0.15, 0.2) is 0 Å². The Hall–Kier alpha value is -1.96. The van der Waals surface area contributed by atoms with Crippen molar-refractivity contribution < 1.29 is 9.34 Å². The van der Waals surface area contributed by atoms with Crippen LogP contribution in [-0.4, -0.2) is 14.9 Å². The number of hydrogen-bond donors (Lipinski definition) is 1. The average Bonchev–Trinajstić information content (AvgIpc) is 2.85.